The second-order valence-corrected chi connectivity index (χ2v) is 9.48. The average Bonchev–Trinajstić information content (AvgIpc) is 3.51. The molecule has 4 heterocycles. The van der Waals surface area contributed by atoms with Crippen LogP contribution in [0.5, 0.6) is 0 Å². The number of hydrazone groups is 1. The van der Waals surface area contributed by atoms with E-state index in [1.807, 2.05) is 18.7 Å². The number of aryl methyl sites for hydroxylation is 1. The van der Waals surface area contributed by atoms with Gasteiger partial charge in [0.15, 0.2) is 5.82 Å². The highest BCUT2D eigenvalue weighted by Crippen LogP contribution is 2.31. The van der Waals surface area contributed by atoms with Crippen LogP contribution in [0, 0.1) is 31.3 Å². The zero-order chi connectivity index (χ0) is 27.7. The minimum Gasteiger partial charge on any atom is -0.383 e. The van der Waals surface area contributed by atoms with E-state index < -0.39 is 23.5 Å². The summed E-state index contributed by atoms with van der Waals surface area (Å²) in [6.07, 6.45) is 3.08. The fraction of sp³-hybridized carbons (Fsp3) is 0.423. The number of nitrogens with zero attached hydrogens (tertiary/aromatic N) is 8. The van der Waals surface area contributed by atoms with Gasteiger partial charge in [0.05, 0.1) is 31.1 Å². The van der Waals surface area contributed by atoms with Crippen molar-refractivity contribution in [1.82, 2.24) is 29.7 Å². The Balaban J connectivity index is 1.29. The molecular weight excluding hydrogens is 513 g/mol. The number of anilines is 1. The van der Waals surface area contributed by atoms with E-state index in [-0.39, 0.29) is 11.7 Å². The predicted octanol–water partition coefficient (Wildman–Crippen LogP) is 3.70. The van der Waals surface area contributed by atoms with Crippen LogP contribution in [0.1, 0.15) is 29.4 Å². The standard InChI is InChI=1S/C26H29F3N8O2/c1-16-23(17(2)36(33-16)10-11-39-3)24-21(29)15-30-25(32-24)34-6-8-35(9-7-34)26(38)37-22(4-5-31-37)18-12-19(27)14-20(28)13-18/h5,12-15,22H,4,6-11H2,1-3H3/t22-/m0/s1. The van der Waals surface area contributed by atoms with Crippen LogP contribution < -0.4 is 4.90 Å². The van der Waals surface area contributed by atoms with Crippen LogP contribution in [-0.4, -0.2) is 81.8 Å². The number of urea groups is 1. The number of ether oxygens (including phenoxy) is 1. The number of aromatic nitrogens is 4. The first-order valence-electron chi connectivity index (χ1n) is 12.6. The van der Waals surface area contributed by atoms with Crippen molar-refractivity contribution in [3.05, 3.63) is 58.8 Å². The van der Waals surface area contributed by atoms with E-state index in [9.17, 15) is 18.0 Å². The summed E-state index contributed by atoms with van der Waals surface area (Å²) in [6.45, 7) is 6.21. The lowest BCUT2D eigenvalue weighted by molar-refractivity contribution is 0.139. The maximum Gasteiger partial charge on any atom is 0.341 e. The highest BCUT2D eigenvalue weighted by atomic mass is 19.1. The van der Waals surface area contributed by atoms with Gasteiger partial charge in [-0.25, -0.2) is 32.9 Å². The fourth-order valence-electron chi connectivity index (χ4n) is 5.01. The van der Waals surface area contributed by atoms with Gasteiger partial charge in [-0.3, -0.25) is 4.68 Å². The Morgan fingerprint density at radius 1 is 1.08 bits per heavy atom. The first kappa shape index (κ1) is 26.6. The molecular formula is C26H29F3N8O2. The monoisotopic (exact) mass is 542 g/mol. The van der Waals surface area contributed by atoms with Crippen molar-refractivity contribution in [2.45, 2.75) is 32.9 Å². The third kappa shape index (κ3) is 5.31. The van der Waals surface area contributed by atoms with Gasteiger partial charge >= 0.3 is 6.03 Å². The second-order valence-electron chi connectivity index (χ2n) is 9.48. The Bertz CT molecular complexity index is 1380. The molecule has 0 spiro atoms. The summed E-state index contributed by atoms with van der Waals surface area (Å²) in [4.78, 5) is 25.5. The van der Waals surface area contributed by atoms with Crippen LogP contribution in [0.3, 0.4) is 0 Å². The second kappa shape index (κ2) is 11.0. The lowest BCUT2D eigenvalue weighted by Gasteiger charge is -2.37. The number of methoxy groups -OCH3 is 1. The Kier molecular flexibility index (Phi) is 7.51. The van der Waals surface area contributed by atoms with Crippen molar-refractivity contribution in [3.63, 3.8) is 0 Å². The number of amides is 2. The largest absolute Gasteiger partial charge is 0.383 e. The van der Waals surface area contributed by atoms with E-state index in [0.29, 0.717) is 68.5 Å². The molecule has 1 saturated heterocycles. The summed E-state index contributed by atoms with van der Waals surface area (Å²) >= 11 is 0. The summed E-state index contributed by atoms with van der Waals surface area (Å²) in [5.74, 6) is -1.60. The molecule has 39 heavy (non-hydrogen) atoms. The number of hydrogen-bond acceptors (Lipinski definition) is 7. The van der Waals surface area contributed by atoms with E-state index in [1.54, 1.807) is 22.9 Å². The van der Waals surface area contributed by atoms with Crippen LogP contribution in [0.15, 0.2) is 29.5 Å². The predicted molar refractivity (Wildman–Crippen MR) is 138 cm³/mol. The molecule has 0 N–H and O–H groups in total. The Morgan fingerprint density at radius 2 is 1.79 bits per heavy atom. The van der Waals surface area contributed by atoms with Crippen molar-refractivity contribution in [3.8, 4) is 11.3 Å². The molecule has 1 atom stereocenters. The number of carbonyl (C=O) groups excluding carboxylic acids is 1. The van der Waals surface area contributed by atoms with Crippen LogP contribution >= 0.6 is 0 Å². The molecule has 10 nitrogen and oxygen atoms in total. The van der Waals surface area contributed by atoms with Crippen molar-refractivity contribution < 1.29 is 22.7 Å². The maximum atomic E-state index is 14.9. The van der Waals surface area contributed by atoms with Gasteiger partial charge in [-0.15, -0.1) is 0 Å². The summed E-state index contributed by atoms with van der Waals surface area (Å²) in [5.41, 5.74) is 2.57. The lowest BCUT2D eigenvalue weighted by atomic mass is 10.0. The smallest absolute Gasteiger partial charge is 0.341 e. The topological polar surface area (TPSA) is 92.0 Å². The van der Waals surface area contributed by atoms with Crippen LogP contribution in [-0.2, 0) is 11.3 Å². The Labute approximate surface area is 223 Å². The number of rotatable bonds is 6. The molecule has 1 aromatic carbocycles. The van der Waals surface area contributed by atoms with Gasteiger partial charge in [0.25, 0.3) is 0 Å². The van der Waals surface area contributed by atoms with Gasteiger partial charge in [0, 0.05) is 63.2 Å². The molecule has 2 amide bonds. The normalized spacial score (nSPS) is 17.4. The Hall–Kier alpha value is -4.00. The van der Waals surface area contributed by atoms with Gasteiger partial charge in [0.1, 0.15) is 17.3 Å². The molecule has 0 radical (unpaired) electrons. The zero-order valence-electron chi connectivity index (χ0n) is 21.9. The van der Waals surface area contributed by atoms with E-state index in [1.165, 1.54) is 17.1 Å². The highest BCUT2D eigenvalue weighted by molar-refractivity contribution is 5.79. The number of benzene rings is 1. The van der Waals surface area contributed by atoms with E-state index in [4.69, 9.17) is 4.74 Å². The van der Waals surface area contributed by atoms with Crippen molar-refractivity contribution >= 4 is 18.2 Å². The molecule has 2 aliphatic heterocycles. The molecule has 13 heteroatoms. The molecule has 2 aromatic heterocycles. The van der Waals surface area contributed by atoms with Crippen molar-refractivity contribution in [2.24, 2.45) is 5.10 Å². The SMILES string of the molecule is COCCn1nc(C)c(-c2nc(N3CCN(C(=O)N4N=CC[C@H]4c4cc(F)cc(F)c4)CC3)ncc2F)c1C. The molecule has 0 saturated carbocycles. The van der Waals surface area contributed by atoms with Gasteiger partial charge < -0.3 is 14.5 Å². The van der Waals surface area contributed by atoms with E-state index >= 15 is 0 Å². The lowest BCUT2D eigenvalue weighted by Crippen LogP contribution is -2.52. The number of hydrogen-bond donors (Lipinski definition) is 0. The maximum absolute atomic E-state index is 14.9. The van der Waals surface area contributed by atoms with Crippen LogP contribution in [0.4, 0.5) is 23.9 Å². The number of carbonyl (C=O) groups is 1. The van der Waals surface area contributed by atoms with E-state index in [2.05, 4.69) is 20.2 Å². The third-order valence-corrected chi connectivity index (χ3v) is 6.99. The third-order valence-electron chi connectivity index (χ3n) is 6.99. The quantitative estimate of drug-likeness (QED) is 0.472. The summed E-state index contributed by atoms with van der Waals surface area (Å²) in [5, 5.41) is 9.95. The van der Waals surface area contributed by atoms with Gasteiger partial charge in [-0.05, 0) is 31.5 Å². The van der Waals surface area contributed by atoms with Gasteiger partial charge in [0.2, 0.25) is 5.95 Å². The van der Waals surface area contributed by atoms with Gasteiger partial charge in [-0.1, -0.05) is 0 Å². The highest BCUT2D eigenvalue weighted by Gasteiger charge is 2.34. The van der Waals surface area contributed by atoms with E-state index in [0.717, 1.165) is 18.0 Å². The molecule has 1 fully saturated rings. The number of piperazine rings is 1. The summed E-state index contributed by atoms with van der Waals surface area (Å²) < 4.78 is 49.4. The molecule has 5 rings (SSSR count). The molecule has 206 valence electrons. The molecule has 0 bridgehead atoms. The first-order chi connectivity index (χ1) is 18.8. The van der Waals surface area contributed by atoms with Crippen molar-refractivity contribution in [1.29, 1.82) is 0 Å². The van der Waals surface area contributed by atoms with Gasteiger partial charge in [-0.2, -0.15) is 10.2 Å². The van der Waals surface area contributed by atoms with Crippen molar-refractivity contribution in [2.75, 3.05) is 44.8 Å². The summed E-state index contributed by atoms with van der Waals surface area (Å²) in [7, 11) is 1.61. The first-order valence-corrected chi connectivity index (χ1v) is 12.6. The minimum absolute atomic E-state index is 0.175. The summed E-state index contributed by atoms with van der Waals surface area (Å²) in [6, 6.07) is 2.29. The average molecular weight is 543 g/mol. The molecule has 0 unspecified atom stereocenters. The van der Waals surface area contributed by atoms with Crippen LogP contribution in [0.2, 0.25) is 0 Å². The number of halogens is 3. The zero-order valence-corrected chi connectivity index (χ0v) is 21.9. The fourth-order valence-corrected chi connectivity index (χ4v) is 5.01. The minimum atomic E-state index is -0.704. The molecule has 0 aliphatic carbocycles. The molecule has 3 aromatic rings. The Morgan fingerprint density at radius 3 is 2.49 bits per heavy atom. The van der Waals surface area contributed by atoms with Crippen LogP contribution in [0.25, 0.3) is 11.3 Å². The molecule has 2 aliphatic rings.